The summed E-state index contributed by atoms with van der Waals surface area (Å²) >= 11 is 0. The molecule has 0 aliphatic carbocycles. The Labute approximate surface area is 99.9 Å². The van der Waals surface area contributed by atoms with Crippen LogP contribution in [0.3, 0.4) is 0 Å². The molecule has 96 valence electrons. The molecule has 0 spiro atoms. The fourth-order valence-electron chi connectivity index (χ4n) is 1.16. The summed E-state index contributed by atoms with van der Waals surface area (Å²) in [4.78, 5) is 4.49. The minimum atomic E-state index is 0.0426. The monoisotopic (exact) mass is 229 g/mol. The lowest BCUT2D eigenvalue weighted by molar-refractivity contribution is 0.146. The van der Waals surface area contributed by atoms with Crippen LogP contribution in [0.1, 0.15) is 41.0 Å². The van der Waals surface area contributed by atoms with Gasteiger partial charge < -0.3 is 15.4 Å². The summed E-state index contributed by atoms with van der Waals surface area (Å²) in [6.45, 7) is 13.7. The van der Waals surface area contributed by atoms with Gasteiger partial charge in [-0.25, -0.2) is 0 Å². The molecule has 0 bridgehead atoms. The van der Waals surface area contributed by atoms with Gasteiger partial charge in [-0.15, -0.1) is 0 Å². The third-order valence-corrected chi connectivity index (χ3v) is 1.76. The van der Waals surface area contributed by atoms with Crippen LogP contribution in [0, 0.1) is 0 Å². The van der Waals surface area contributed by atoms with Crippen LogP contribution in [-0.4, -0.2) is 37.8 Å². The predicted octanol–water partition coefficient (Wildman–Crippen LogP) is 1.77. The number of nitrogens with zero attached hydrogens (tertiary/aromatic N) is 1. The van der Waals surface area contributed by atoms with Gasteiger partial charge >= 0.3 is 0 Å². The summed E-state index contributed by atoms with van der Waals surface area (Å²) in [6, 6.07) is 0. The van der Waals surface area contributed by atoms with E-state index in [2.05, 4.69) is 43.3 Å². The van der Waals surface area contributed by atoms with Crippen LogP contribution in [-0.2, 0) is 4.74 Å². The molecule has 0 aromatic rings. The van der Waals surface area contributed by atoms with E-state index in [0.717, 1.165) is 38.7 Å². The number of hydrogen-bond donors (Lipinski definition) is 2. The summed E-state index contributed by atoms with van der Waals surface area (Å²) in [5.74, 6) is 0.881. The lowest BCUT2D eigenvalue weighted by atomic mass is 10.1. The Hall–Kier alpha value is -0.770. The smallest absolute Gasteiger partial charge is 0.191 e. The highest BCUT2D eigenvalue weighted by Crippen LogP contribution is 1.98. The maximum absolute atomic E-state index is 5.27. The van der Waals surface area contributed by atoms with Crippen molar-refractivity contribution in [3.05, 3.63) is 0 Å². The largest absolute Gasteiger partial charge is 0.382 e. The Bertz CT molecular complexity index is 197. The van der Waals surface area contributed by atoms with Gasteiger partial charge in [-0.05, 0) is 41.0 Å². The summed E-state index contributed by atoms with van der Waals surface area (Å²) in [5.41, 5.74) is 0.0426. The quantitative estimate of drug-likeness (QED) is 0.414. The highest BCUT2D eigenvalue weighted by Gasteiger charge is 2.11. The number of ether oxygens (including phenoxy) is 1. The van der Waals surface area contributed by atoms with Crippen molar-refractivity contribution in [1.82, 2.24) is 10.6 Å². The maximum atomic E-state index is 5.27. The van der Waals surface area contributed by atoms with E-state index in [1.54, 1.807) is 0 Å². The third-order valence-electron chi connectivity index (χ3n) is 1.76. The molecule has 4 heteroatoms. The van der Waals surface area contributed by atoms with Crippen LogP contribution >= 0.6 is 0 Å². The van der Waals surface area contributed by atoms with Crippen molar-refractivity contribution in [3.63, 3.8) is 0 Å². The number of guanidine groups is 1. The fraction of sp³-hybridized carbons (Fsp3) is 0.917. The lowest BCUT2D eigenvalue weighted by Crippen LogP contribution is -2.47. The van der Waals surface area contributed by atoms with Crippen LogP contribution in [0.25, 0.3) is 0 Å². The number of nitrogens with one attached hydrogen (secondary N) is 2. The molecule has 2 N–H and O–H groups in total. The summed E-state index contributed by atoms with van der Waals surface area (Å²) in [7, 11) is 0. The van der Waals surface area contributed by atoms with Gasteiger partial charge in [0, 0.05) is 31.8 Å². The molecule has 16 heavy (non-hydrogen) atoms. The average Bonchev–Trinajstić information content (AvgIpc) is 2.15. The minimum Gasteiger partial charge on any atom is -0.382 e. The Morgan fingerprint density at radius 3 is 2.44 bits per heavy atom. The highest BCUT2D eigenvalue weighted by atomic mass is 16.5. The van der Waals surface area contributed by atoms with E-state index in [0.29, 0.717) is 0 Å². The van der Waals surface area contributed by atoms with Crippen molar-refractivity contribution in [2.75, 3.05) is 26.3 Å². The molecule has 0 saturated carbocycles. The fourth-order valence-corrected chi connectivity index (χ4v) is 1.16. The van der Waals surface area contributed by atoms with Gasteiger partial charge in [0.25, 0.3) is 0 Å². The molecular formula is C12H27N3O. The molecule has 0 radical (unpaired) electrons. The second-order valence-corrected chi connectivity index (χ2v) is 4.69. The van der Waals surface area contributed by atoms with E-state index < -0.39 is 0 Å². The number of hydrogen-bond acceptors (Lipinski definition) is 2. The molecule has 0 fully saturated rings. The Morgan fingerprint density at radius 1 is 1.25 bits per heavy atom. The Kier molecular flexibility index (Phi) is 7.99. The first-order valence-electron chi connectivity index (χ1n) is 6.13. The van der Waals surface area contributed by atoms with Crippen LogP contribution in [0.4, 0.5) is 0 Å². The first-order valence-corrected chi connectivity index (χ1v) is 6.13. The molecule has 0 unspecified atom stereocenters. The van der Waals surface area contributed by atoms with Crippen molar-refractivity contribution in [2.45, 2.75) is 46.6 Å². The molecular weight excluding hydrogens is 202 g/mol. The minimum absolute atomic E-state index is 0.0426. The van der Waals surface area contributed by atoms with E-state index >= 15 is 0 Å². The van der Waals surface area contributed by atoms with Crippen molar-refractivity contribution in [3.8, 4) is 0 Å². The molecule has 0 aromatic carbocycles. The van der Waals surface area contributed by atoms with E-state index in [9.17, 15) is 0 Å². The predicted molar refractivity (Wildman–Crippen MR) is 70.0 cm³/mol. The molecule has 0 aliphatic rings. The second-order valence-electron chi connectivity index (χ2n) is 4.69. The van der Waals surface area contributed by atoms with E-state index in [4.69, 9.17) is 4.74 Å². The Balaban J connectivity index is 3.94. The first kappa shape index (κ1) is 15.2. The first-order chi connectivity index (χ1) is 7.49. The maximum Gasteiger partial charge on any atom is 0.191 e. The van der Waals surface area contributed by atoms with E-state index in [1.165, 1.54) is 0 Å². The van der Waals surface area contributed by atoms with Gasteiger partial charge in [0.15, 0.2) is 5.96 Å². The number of rotatable bonds is 6. The van der Waals surface area contributed by atoms with Crippen LogP contribution in [0.15, 0.2) is 4.99 Å². The zero-order valence-corrected chi connectivity index (χ0v) is 11.4. The molecule has 4 nitrogen and oxygen atoms in total. The van der Waals surface area contributed by atoms with E-state index in [1.807, 2.05) is 6.92 Å². The lowest BCUT2D eigenvalue weighted by Gasteiger charge is -2.23. The van der Waals surface area contributed by atoms with Gasteiger partial charge in [0.1, 0.15) is 0 Å². The van der Waals surface area contributed by atoms with Crippen LogP contribution < -0.4 is 10.6 Å². The van der Waals surface area contributed by atoms with Crippen molar-refractivity contribution < 1.29 is 4.74 Å². The van der Waals surface area contributed by atoms with Gasteiger partial charge in [-0.3, -0.25) is 4.99 Å². The standard InChI is InChI=1S/C12H27N3O/c1-6-13-11(15-12(3,4)5)14-9-8-10-16-7-2/h6-10H2,1-5H3,(H2,13,14,15). The summed E-state index contributed by atoms with van der Waals surface area (Å²) < 4.78 is 5.27. The van der Waals surface area contributed by atoms with Crippen molar-refractivity contribution >= 4 is 5.96 Å². The molecule has 0 aliphatic heterocycles. The second kappa shape index (κ2) is 8.39. The molecule has 0 heterocycles. The zero-order chi connectivity index (χ0) is 12.4. The Morgan fingerprint density at radius 2 is 1.94 bits per heavy atom. The molecule has 0 saturated heterocycles. The zero-order valence-electron chi connectivity index (χ0n) is 11.4. The molecule has 0 amide bonds. The number of aliphatic imine (C=N–C) groups is 1. The van der Waals surface area contributed by atoms with E-state index in [-0.39, 0.29) is 5.54 Å². The topological polar surface area (TPSA) is 45.7 Å². The van der Waals surface area contributed by atoms with Gasteiger partial charge in [0.05, 0.1) is 0 Å². The SMILES string of the molecule is CCNC(=NCCCOCC)NC(C)(C)C. The molecule has 0 rings (SSSR count). The van der Waals surface area contributed by atoms with Crippen LogP contribution in [0.5, 0.6) is 0 Å². The van der Waals surface area contributed by atoms with Crippen molar-refractivity contribution in [2.24, 2.45) is 4.99 Å². The summed E-state index contributed by atoms with van der Waals surface area (Å²) in [5, 5.41) is 6.57. The average molecular weight is 229 g/mol. The third kappa shape index (κ3) is 9.77. The molecule has 0 atom stereocenters. The highest BCUT2D eigenvalue weighted by molar-refractivity contribution is 5.80. The van der Waals surface area contributed by atoms with Gasteiger partial charge in [0.2, 0.25) is 0 Å². The van der Waals surface area contributed by atoms with Crippen molar-refractivity contribution in [1.29, 1.82) is 0 Å². The summed E-state index contributed by atoms with van der Waals surface area (Å²) in [6.07, 6.45) is 0.967. The van der Waals surface area contributed by atoms with Gasteiger partial charge in [-0.1, -0.05) is 0 Å². The normalized spacial score (nSPS) is 12.7. The molecule has 0 aromatic heterocycles. The van der Waals surface area contributed by atoms with Crippen LogP contribution in [0.2, 0.25) is 0 Å². The van der Waals surface area contributed by atoms with Gasteiger partial charge in [-0.2, -0.15) is 0 Å².